The Hall–Kier alpha value is -2.44. The summed E-state index contributed by atoms with van der Waals surface area (Å²) in [6.45, 7) is 1.25. The van der Waals surface area contributed by atoms with Gasteiger partial charge in [-0.25, -0.2) is 31.0 Å². The lowest BCUT2D eigenvalue weighted by molar-refractivity contribution is -0.179. The van der Waals surface area contributed by atoms with Crippen LogP contribution in [0.2, 0.25) is 0 Å². The molecule has 2 aromatic rings. The molecule has 10 nitrogen and oxygen atoms in total. The van der Waals surface area contributed by atoms with Gasteiger partial charge in [0.15, 0.2) is 17.5 Å². The number of benzene rings is 1. The van der Waals surface area contributed by atoms with Crippen molar-refractivity contribution in [1.82, 2.24) is 19.9 Å². The van der Waals surface area contributed by atoms with Gasteiger partial charge in [-0.2, -0.15) is 0 Å². The van der Waals surface area contributed by atoms with Crippen LogP contribution in [0.15, 0.2) is 18.3 Å². The number of ether oxygens (including phenoxy) is 1. The zero-order chi connectivity index (χ0) is 32.8. The summed E-state index contributed by atoms with van der Waals surface area (Å²) in [6.07, 6.45) is -6.14. The van der Waals surface area contributed by atoms with Gasteiger partial charge < -0.3 is 30.1 Å². The molecule has 1 saturated carbocycles. The lowest BCUT2D eigenvalue weighted by Crippen LogP contribution is -2.58. The molecule has 1 aliphatic heterocycles. The molecule has 1 aromatic heterocycles. The maximum Gasteiger partial charge on any atom is 0.248 e. The maximum absolute atomic E-state index is 14.4. The fourth-order valence-electron chi connectivity index (χ4n) is 5.45. The smallest absolute Gasteiger partial charge is 0.248 e. The minimum atomic E-state index is -3.07. The number of rotatable bonds is 9. The van der Waals surface area contributed by atoms with E-state index >= 15 is 0 Å². The second-order valence-electron chi connectivity index (χ2n) is 11.9. The highest BCUT2D eigenvalue weighted by Gasteiger charge is 2.54. The summed E-state index contributed by atoms with van der Waals surface area (Å²) in [5, 5.41) is 49.8. The highest BCUT2D eigenvalue weighted by Crippen LogP contribution is 2.46. The molecule has 17 heteroatoms. The summed E-state index contributed by atoms with van der Waals surface area (Å²) in [6, 6.07) is -0.115. The molecule has 1 saturated heterocycles. The molecule has 0 bridgehead atoms. The number of halogens is 6. The molecule has 6 atom stereocenters. The van der Waals surface area contributed by atoms with Crippen LogP contribution >= 0.6 is 11.8 Å². The number of aliphatic hydroxyl groups excluding tert-OH is 3. The van der Waals surface area contributed by atoms with Gasteiger partial charge in [-0.05, 0) is 38.8 Å². The van der Waals surface area contributed by atoms with Gasteiger partial charge in [0.25, 0.3) is 0 Å². The number of aliphatic hydroxyl groups is 4. The van der Waals surface area contributed by atoms with Crippen LogP contribution in [-0.4, -0.2) is 113 Å². The van der Waals surface area contributed by atoms with Crippen LogP contribution in [-0.2, 0) is 9.53 Å². The second kappa shape index (κ2) is 12.7. The average Bonchev–Trinajstić information content (AvgIpc) is 3.41. The van der Waals surface area contributed by atoms with E-state index in [9.17, 15) is 51.6 Å². The summed E-state index contributed by atoms with van der Waals surface area (Å²) < 4.78 is 90.2. The van der Waals surface area contributed by atoms with Gasteiger partial charge in [-0.15, -0.1) is 16.9 Å². The van der Waals surface area contributed by atoms with E-state index in [1.807, 2.05) is 0 Å². The lowest BCUT2D eigenvalue weighted by Gasteiger charge is -2.46. The predicted molar refractivity (Wildman–Crippen MR) is 145 cm³/mol. The molecule has 4 N–H and O–H groups in total. The summed E-state index contributed by atoms with van der Waals surface area (Å²) in [5.74, 6) is -8.58. The summed E-state index contributed by atoms with van der Waals surface area (Å²) in [4.78, 5) is 14.6. The molecule has 2 heterocycles. The molecule has 0 spiro atoms. The minimum absolute atomic E-state index is 0.167. The highest BCUT2D eigenvalue weighted by molar-refractivity contribution is 8.01. The molecule has 44 heavy (non-hydrogen) atoms. The number of aromatic nitrogens is 3. The first-order valence-electron chi connectivity index (χ1n) is 13.7. The van der Waals surface area contributed by atoms with Crippen molar-refractivity contribution in [2.24, 2.45) is 0 Å². The van der Waals surface area contributed by atoms with Crippen LogP contribution in [0.25, 0.3) is 11.3 Å². The quantitative estimate of drug-likeness (QED) is 0.237. The monoisotopic (exact) mass is 656 g/mol. The van der Waals surface area contributed by atoms with E-state index in [1.165, 1.54) is 20.9 Å². The minimum Gasteiger partial charge on any atom is -0.394 e. The summed E-state index contributed by atoms with van der Waals surface area (Å²) in [5.41, 5.74) is -5.73. The molecule has 1 amide bonds. The van der Waals surface area contributed by atoms with Gasteiger partial charge in [-0.3, -0.25) is 4.79 Å². The molecule has 2 aliphatic rings. The van der Waals surface area contributed by atoms with Crippen molar-refractivity contribution in [3.05, 3.63) is 35.8 Å². The third-order valence-electron chi connectivity index (χ3n) is 7.76. The first kappa shape index (κ1) is 34.4. The molecule has 0 radical (unpaired) electrons. The van der Waals surface area contributed by atoms with Crippen molar-refractivity contribution in [1.29, 1.82) is 0 Å². The Morgan fingerprint density at radius 3 is 2.30 bits per heavy atom. The number of nitrogens with zero attached hydrogens (tertiary/aromatic N) is 4. The Morgan fingerprint density at radius 2 is 1.75 bits per heavy atom. The van der Waals surface area contributed by atoms with E-state index < -0.39 is 114 Å². The van der Waals surface area contributed by atoms with E-state index in [4.69, 9.17) is 4.74 Å². The first-order chi connectivity index (χ1) is 20.4. The van der Waals surface area contributed by atoms with E-state index in [2.05, 4.69) is 10.3 Å². The highest BCUT2D eigenvalue weighted by atomic mass is 32.2. The number of thioether (sulfide) groups is 1. The Bertz CT molecular complexity index is 1310. The Kier molecular flexibility index (Phi) is 9.98. The number of hydrogen-bond acceptors (Lipinski definition) is 9. The zero-order valence-electron chi connectivity index (χ0n) is 24.0. The Labute approximate surface area is 253 Å². The third-order valence-corrected chi connectivity index (χ3v) is 9.33. The van der Waals surface area contributed by atoms with Crippen LogP contribution < -0.4 is 0 Å². The van der Waals surface area contributed by atoms with E-state index in [0.717, 1.165) is 15.8 Å². The normalized spacial score (nSPS) is 27.6. The van der Waals surface area contributed by atoms with Crippen LogP contribution in [0.4, 0.5) is 26.3 Å². The van der Waals surface area contributed by atoms with Gasteiger partial charge in [-0.1, -0.05) is 5.21 Å². The van der Waals surface area contributed by atoms with E-state index in [-0.39, 0.29) is 11.3 Å². The molecule has 1 aliphatic carbocycles. The summed E-state index contributed by atoms with van der Waals surface area (Å²) >= 11 is 0.565. The van der Waals surface area contributed by atoms with E-state index in [1.54, 1.807) is 0 Å². The average molecular weight is 657 g/mol. The number of amides is 1. The molecule has 4 rings (SSSR count). The van der Waals surface area contributed by atoms with Crippen molar-refractivity contribution in [2.45, 2.75) is 91.8 Å². The SMILES string of the molecule is CN(CC(C)(C)F)C(=O)C(S[C@@H]1O[C@H](CO)[C@H](O)[C@H](n2cc(-c3cc(F)c(F)c(F)c3)nn2)[C@H]1O)C1(O)CCC(F)(F)CC1. The second-order valence-corrected chi connectivity index (χ2v) is 13.1. The number of alkyl halides is 3. The Balaban J connectivity index is 1.66. The molecule has 2 fully saturated rings. The van der Waals surface area contributed by atoms with Gasteiger partial charge in [0, 0.05) is 25.5 Å². The lowest BCUT2D eigenvalue weighted by atomic mass is 9.80. The summed E-state index contributed by atoms with van der Waals surface area (Å²) in [7, 11) is 1.28. The van der Waals surface area contributed by atoms with Crippen molar-refractivity contribution in [2.75, 3.05) is 20.2 Å². The van der Waals surface area contributed by atoms with Crippen LogP contribution in [0.3, 0.4) is 0 Å². The van der Waals surface area contributed by atoms with Crippen molar-refractivity contribution < 1.29 is 56.3 Å². The van der Waals surface area contributed by atoms with Gasteiger partial charge in [0.05, 0.1) is 24.9 Å². The fraction of sp³-hybridized carbons (Fsp3) is 0.667. The molecular formula is C27H34F6N4O6S. The number of carbonyl (C=O) groups is 1. The standard InChI is InChI=1S/C27H34F6N4O6S/c1-25(2,31)12-36(3)23(41)22(26(42)4-6-27(32,33)7-5-26)44-24-21(40)19(20(39)17(11-38)43-24)37-10-16(34-35-37)13-8-14(28)18(30)15(29)9-13/h8-10,17,19-22,24,38-40,42H,4-7,11-12H2,1-3H3/t17-,19+,20+,21-,22?,24+/m1/s1. The third kappa shape index (κ3) is 7.33. The van der Waals surface area contributed by atoms with Crippen molar-refractivity contribution in [3.63, 3.8) is 0 Å². The predicted octanol–water partition coefficient (Wildman–Crippen LogP) is 2.59. The number of carbonyl (C=O) groups excluding carboxylic acids is 1. The van der Waals surface area contributed by atoms with Gasteiger partial charge in [0.2, 0.25) is 11.8 Å². The molecular weight excluding hydrogens is 622 g/mol. The van der Waals surface area contributed by atoms with Gasteiger partial charge in [0.1, 0.15) is 46.4 Å². The van der Waals surface area contributed by atoms with Crippen molar-refractivity contribution in [3.8, 4) is 11.3 Å². The van der Waals surface area contributed by atoms with Crippen LogP contribution in [0.1, 0.15) is 45.6 Å². The zero-order valence-corrected chi connectivity index (χ0v) is 24.8. The van der Waals surface area contributed by atoms with Crippen LogP contribution in [0.5, 0.6) is 0 Å². The Morgan fingerprint density at radius 1 is 1.16 bits per heavy atom. The fourth-order valence-corrected chi connectivity index (χ4v) is 7.04. The largest absolute Gasteiger partial charge is 0.394 e. The maximum atomic E-state index is 14.4. The number of hydrogen-bond donors (Lipinski definition) is 4. The first-order valence-corrected chi connectivity index (χ1v) is 14.7. The van der Waals surface area contributed by atoms with Crippen LogP contribution in [0, 0.1) is 17.5 Å². The van der Waals surface area contributed by atoms with Crippen molar-refractivity contribution >= 4 is 17.7 Å². The van der Waals surface area contributed by atoms with Gasteiger partial charge >= 0.3 is 0 Å². The molecule has 1 unspecified atom stereocenters. The topological polar surface area (TPSA) is 141 Å². The van der Waals surface area contributed by atoms with E-state index in [0.29, 0.717) is 23.9 Å². The molecule has 1 aromatic carbocycles. The molecule has 246 valence electrons.